The summed E-state index contributed by atoms with van der Waals surface area (Å²) in [6, 6.07) is 13.7. The van der Waals surface area contributed by atoms with Crippen LogP contribution in [0.2, 0.25) is 0 Å². The molecule has 0 radical (unpaired) electrons. The number of carbonyl (C=O) groups is 1. The second-order valence-corrected chi connectivity index (χ2v) is 8.37. The van der Waals surface area contributed by atoms with Crippen LogP contribution >= 0.6 is 0 Å². The number of aliphatic hydroxyl groups excluding tert-OH is 1. The van der Waals surface area contributed by atoms with Crippen molar-refractivity contribution < 1.29 is 19.4 Å². The Kier molecular flexibility index (Phi) is 8.42. The predicted octanol–water partition coefficient (Wildman–Crippen LogP) is 3.84. The van der Waals surface area contributed by atoms with Gasteiger partial charge in [-0.1, -0.05) is 58.0 Å². The molecule has 0 aliphatic heterocycles. The first-order valence-electron chi connectivity index (χ1n) is 10.0. The highest BCUT2D eigenvalue weighted by Crippen LogP contribution is 2.28. The molecule has 0 aliphatic carbocycles. The van der Waals surface area contributed by atoms with Crippen molar-refractivity contribution in [1.29, 1.82) is 0 Å². The van der Waals surface area contributed by atoms with Gasteiger partial charge < -0.3 is 14.6 Å². The zero-order chi connectivity index (χ0) is 22.1. The van der Waals surface area contributed by atoms with Gasteiger partial charge in [-0.25, -0.2) is 5.43 Å². The molecule has 0 saturated carbocycles. The van der Waals surface area contributed by atoms with Gasteiger partial charge in [0.15, 0.2) is 18.1 Å². The Morgan fingerprint density at radius 3 is 2.40 bits per heavy atom. The van der Waals surface area contributed by atoms with Crippen molar-refractivity contribution in [3.05, 3.63) is 59.2 Å². The fourth-order valence-corrected chi connectivity index (χ4v) is 2.91. The molecule has 0 fully saturated rings. The van der Waals surface area contributed by atoms with E-state index in [1.807, 2.05) is 0 Å². The lowest BCUT2D eigenvalue weighted by atomic mass is 9.86. The molecule has 0 heterocycles. The van der Waals surface area contributed by atoms with E-state index in [4.69, 9.17) is 14.6 Å². The number of nitrogens with zero attached hydrogens (tertiary/aromatic N) is 1. The Morgan fingerprint density at radius 2 is 1.80 bits per heavy atom. The molecule has 30 heavy (non-hydrogen) atoms. The summed E-state index contributed by atoms with van der Waals surface area (Å²) in [5.74, 6) is 0.712. The number of carbonyl (C=O) groups excluding carboxylic acids is 1. The van der Waals surface area contributed by atoms with Crippen LogP contribution in [-0.4, -0.2) is 30.9 Å². The summed E-state index contributed by atoms with van der Waals surface area (Å²) in [6.07, 6.45) is 2.57. The van der Waals surface area contributed by atoms with Gasteiger partial charge >= 0.3 is 0 Å². The first-order valence-corrected chi connectivity index (χ1v) is 10.0. The number of amides is 1. The van der Waals surface area contributed by atoms with Crippen LogP contribution in [0, 0.1) is 5.92 Å². The van der Waals surface area contributed by atoms with Crippen molar-refractivity contribution >= 4 is 12.1 Å². The van der Waals surface area contributed by atoms with E-state index in [2.05, 4.69) is 62.5 Å². The summed E-state index contributed by atoms with van der Waals surface area (Å²) in [5.41, 5.74) is 5.87. The van der Waals surface area contributed by atoms with E-state index in [1.165, 1.54) is 18.2 Å². The highest BCUT2D eigenvalue weighted by atomic mass is 16.5. The van der Waals surface area contributed by atoms with Gasteiger partial charge in [0.1, 0.15) is 0 Å². The Bertz CT molecular complexity index is 854. The molecule has 2 aromatic rings. The Labute approximate surface area is 178 Å². The molecule has 162 valence electrons. The quantitative estimate of drug-likeness (QED) is 0.484. The summed E-state index contributed by atoms with van der Waals surface area (Å²) in [6.45, 7) is 8.37. The minimum absolute atomic E-state index is 0.0925. The maximum Gasteiger partial charge on any atom is 0.277 e. The number of aliphatic hydroxyl groups is 1. The van der Waals surface area contributed by atoms with Gasteiger partial charge in [-0.05, 0) is 46.6 Å². The first kappa shape index (κ1) is 23.4. The lowest BCUT2D eigenvalue weighted by Gasteiger charge is -2.19. The van der Waals surface area contributed by atoms with Crippen LogP contribution in [0.15, 0.2) is 47.6 Å². The summed E-state index contributed by atoms with van der Waals surface area (Å²) in [5, 5.41) is 13.2. The zero-order valence-electron chi connectivity index (χ0n) is 18.4. The van der Waals surface area contributed by atoms with Crippen LogP contribution in [-0.2, 0) is 23.2 Å². The minimum atomic E-state index is -0.360. The fourth-order valence-electron chi connectivity index (χ4n) is 2.91. The summed E-state index contributed by atoms with van der Waals surface area (Å²) in [4.78, 5) is 12.0. The van der Waals surface area contributed by atoms with E-state index in [0.29, 0.717) is 17.1 Å². The lowest BCUT2D eigenvalue weighted by molar-refractivity contribution is -0.123. The van der Waals surface area contributed by atoms with Crippen molar-refractivity contribution in [2.45, 2.75) is 46.1 Å². The van der Waals surface area contributed by atoms with E-state index in [-0.39, 0.29) is 30.5 Å². The molecule has 0 aliphatic rings. The Balaban J connectivity index is 1.80. The molecule has 0 saturated heterocycles. The number of nitrogens with one attached hydrogen (secondary N) is 1. The molecule has 1 unspecified atom stereocenters. The smallest absolute Gasteiger partial charge is 0.277 e. The Morgan fingerprint density at radius 1 is 1.13 bits per heavy atom. The van der Waals surface area contributed by atoms with Crippen LogP contribution in [0.4, 0.5) is 0 Å². The average Bonchev–Trinajstić information content (AvgIpc) is 2.71. The van der Waals surface area contributed by atoms with Gasteiger partial charge in [-0.3, -0.25) is 4.79 Å². The summed E-state index contributed by atoms with van der Waals surface area (Å²) in [7, 11) is 1.51. The number of benzene rings is 2. The monoisotopic (exact) mass is 412 g/mol. The topological polar surface area (TPSA) is 80.1 Å². The number of ether oxygens (including phenoxy) is 2. The van der Waals surface area contributed by atoms with E-state index < -0.39 is 0 Å². The van der Waals surface area contributed by atoms with Crippen LogP contribution in [0.1, 0.15) is 44.4 Å². The van der Waals surface area contributed by atoms with Crippen molar-refractivity contribution in [3.63, 3.8) is 0 Å². The maximum atomic E-state index is 12.0. The molecular formula is C24H32N2O4. The van der Waals surface area contributed by atoms with Gasteiger partial charge in [-0.2, -0.15) is 5.10 Å². The molecular weight excluding hydrogens is 380 g/mol. The standard InChI is InChI=1S/C24H32N2O4/c1-17(12-18-6-9-20(10-7-18)24(2,3)4)14-25-26-23(28)16-30-21-11-8-19(15-27)13-22(21)29-5/h6-11,13-14,17,27H,12,15-16H2,1-5H3,(H,26,28). The molecule has 1 atom stereocenters. The molecule has 2 N–H and O–H groups in total. The van der Waals surface area contributed by atoms with E-state index in [9.17, 15) is 4.79 Å². The predicted molar refractivity (Wildman–Crippen MR) is 119 cm³/mol. The van der Waals surface area contributed by atoms with E-state index in [1.54, 1.807) is 24.4 Å². The molecule has 0 bridgehead atoms. The maximum absolute atomic E-state index is 12.0. The van der Waals surface area contributed by atoms with Crippen LogP contribution < -0.4 is 14.9 Å². The van der Waals surface area contributed by atoms with Gasteiger partial charge in [0.25, 0.3) is 5.91 Å². The molecule has 6 heteroatoms. The third-order valence-corrected chi connectivity index (χ3v) is 4.67. The van der Waals surface area contributed by atoms with Gasteiger partial charge in [0.2, 0.25) is 0 Å². The number of rotatable bonds is 9. The van der Waals surface area contributed by atoms with Crippen molar-refractivity contribution in [2.75, 3.05) is 13.7 Å². The molecule has 2 aromatic carbocycles. The highest BCUT2D eigenvalue weighted by molar-refractivity contribution is 5.78. The van der Waals surface area contributed by atoms with Gasteiger partial charge in [-0.15, -0.1) is 0 Å². The van der Waals surface area contributed by atoms with Crippen LogP contribution in [0.25, 0.3) is 0 Å². The number of methoxy groups -OCH3 is 1. The third kappa shape index (κ3) is 7.19. The van der Waals surface area contributed by atoms with Crippen LogP contribution in [0.3, 0.4) is 0 Å². The van der Waals surface area contributed by atoms with Crippen LogP contribution in [0.5, 0.6) is 11.5 Å². The van der Waals surface area contributed by atoms with Crippen molar-refractivity contribution in [3.8, 4) is 11.5 Å². The molecule has 2 rings (SSSR count). The molecule has 6 nitrogen and oxygen atoms in total. The second-order valence-electron chi connectivity index (χ2n) is 8.37. The zero-order valence-corrected chi connectivity index (χ0v) is 18.4. The number of hydrazone groups is 1. The highest BCUT2D eigenvalue weighted by Gasteiger charge is 2.13. The SMILES string of the molecule is COc1cc(CO)ccc1OCC(=O)NN=CC(C)Cc1ccc(C(C)(C)C)cc1. The van der Waals surface area contributed by atoms with Crippen molar-refractivity contribution in [1.82, 2.24) is 5.43 Å². The first-order chi connectivity index (χ1) is 14.2. The lowest BCUT2D eigenvalue weighted by Crippen LogP contribution is -2.25. The largest absolute Gasteiger partial charge is 0.493 e. The van der Waals surface area contributed by atoms with Gasteiger partial charge in [0.05, 0.1) is 13.7 Å². The van der Waals surface area contributed by atoms with E-state index in [0.717, 1.165) is 6.42 Å². The van der Waals surface area contributed by atoms with E-state index >= 15 is 0 Å². The summed E-state index contributed by atoms with van der Waals surface area (Å²) < 4.78 is 10.7. The fraction of sp³-hybridized carbons (Fsp3) is 0.417. The normalized spacial score (nSPS) is 12.6. The minimum Gasteiger partial charge on any atom is -0.493 e. The average molecular weight is 413 g/mol. The number of hydrogen-bond acceptors (Lipinski definition) is 5. The molecule has 1 amide bonds. The van der Waals surface area contributed by atoms with Crippen molar-refractivity contribution in [2.24, 2.45) is 11.0 Å². The number of hydrogen-bond donors (Lipinski definition) is 2. The molecule has 0 spiro atoms. The Hall–Kier alpha value is -2.86. The second kappa shape index (κ2) is 10.8. The summed E-state index contributed by atoms with van der Waals surface area (Å²) >= 11 is 0. The third-order valence-electron chi connectivity index (χ3n) is 4.67. The molecule has 0 aromatic heterocycles. The van der Waals surface area contributed by atoms with Gasteiger partial charge in [0, 0.05) is 6.21 Å².